The van der Waals surface area contributed by atoms with Crippen molar-refractivity contribution in [3.63, 3.8) is 0 Å². The zero-order valence-electron chi connectivity index (χ0n) is 13.1. The van der Waals surface area contributed by atoms with E-state index < -0.39 is 0 Å². The molecule has 120 valence electrons. The number of aromatic nitrogens is 1. The van der Waals surface area contributed by atoms with Crippen molar-refractivity contribution in [3.8, 4) is 0 Å². The van der Waals surface area contributed by atoms with E-state index in [1.807, 2.05) is 29.2 Å². The molecular weight excluding hydrogens is 293 g/mol. The highest BCUT2D eigenvalue weighted by Gasteiger charge is 2.28. The monoisotopic (exact) mass is 313 g/mol. The summed E-state index contributed by atoms with van der Waals surface area (Å²) in [7, 11) is 0. The number of carbonyl (C=O) groups is 1. The molecule has 0 radical (unpaired) electrons. The lowest BCUT2D eigenvalue weighted by Crippen LogP contribution is -2.28. The van der Waals surface area contributed by atoms with Crippen LogP contribution in [0.2, 0.25) is 0 Å². The van der Waals surface area contributed by atoms with Crippen molar-refractivity contribution in [1.29, 1.82) is 0 Å². The Balaban J connectivity index is 1.73. The molecule has 5 heteroatoms. The summed E-state index contributed by atoms with van der Waals surface area (Å²) in [4.78, 5) is 18.2. The minimum Gasteiger partial charge on any atom is -0.366 e. The van der Waals surface area contributed by atoms with Crippen molar-refractivity contribution in [2.45, 2.75) is 32.4 Å². The van der Waals surface area contributed by atoms with Crippen LogP contribution in [0.1, 0.15) is 37.1 Å². The van der Waals surface area contributed by atoms with Gasteiger partial charge in [-0.3, -0.25) is 4.79 Å². The van der Waals surface area contributed by atoms with Crippen molar-refractivity contribution < 1.29 is 9.18 Å². The normalized spacial score (nSPS) is 17.3. The molecule has 2 heterocycles. The second-order valence-electron chi connectivity index (χ2n) is 5.76. The molecule has 0 saturated carbocycles. The summed E-state index contributed by atoms with van der Waals surface area (Å²) in [5.74, 6) is 0.551. The van der Waals surface area contributed by atoms with Gasteiger partial charge in [-0.2, -0.15) is 0 Å². The molecule has 23 heavy (non-hydrogen) atoms. The molecule has 3 rings (SSSR count). The van der Waals surface area contributed by atoms with Gasteiger partial charge in [-0.1, -0.05) is 24.3 Å². The van der Waals surface area contributed by atoms with Gasteiger partial charge in [-0.25, -0.2) is 9.37 Å². The Labute approximate surface area is 135 Å². The van der Waals surface area contributed by atoms with Crippen LogP contribution < -0.4 is 5.32 Å². The van der Waals surface area contributed by atoms with Crippen molar-refractivity contribution in [2.75, 3.05) is 11.9 Å². The molecule has 1 atom stereocenters. The maximum absolute atomic E-state index is 13.7. The van der Waals surface area contributed by atoms with Crippen LogP contribution in [0.15, 0.2) is 42.5 Å². The Morgan fingerprint density at radius 1 is 1.30 bits per heavy atom. The zero-order chi connectivity index (χ0) is 16.2. The molecule has 1 saturated heterocycles. The zero-order valence-corrected chi connectivity index (χ0v) is 13.1. The van der Waals surface area contributed by atoms with Crippen LogP contribution in [0.4, 0.5) is 10.2 Å². The number of nitrogens with zero attached hydrogens (tertiary/aromatic N) is 2. The van der Waals surface area contributed by atoms with Crippen molar-refractivity contribution in [2.24, 2.45) is 0 Å². The van der Waals surface area contributed by atoms with Gasteiger partial charge in [0.05, 0.1) is 11.7 Å². The number of carbonyl (C=O) groups excluding carboxylic acids is 1. The summed E-state index contributed by atoms with van der Waals surface area (Å²) >= 11 is 0. The van der Waals surface area contributed by atoms with E-state index in [9.17, 15) is 9.18 Å². The van der Waals surface area contributed by atoms with Crippen LogP contribution in [0.3, 0.4) is 0 Å². The van der Waals surface area contributed by atoms with Crippen LogP contribution in [0, 0.1) is 5.82 Å². The Hall–Kier alpha value is -2.43. The van der Waals surface area contributed by atoms with E-state index in [1.54, 1.807) is 19.1 Å². The number of pyridine rings is 1. The lowest BCUT2D eigenvalue weighted by Gasteiger charge is -2.23. The first-order chi connectivity index (χ1) is 11.1. The Bertz CT molecular complexity index is 704. The quantitative estimate of drug-likeness (QED) is 0.939. The Kier molecular flexibility index (Phi) is 4.55. The van der Waals surface area contributed by atoms with E-state index in [0.717, 1.165) is 25.1 Å². The predicted molar refractivity (Wildman–Crippen MR) is 87.3 cm³/mol. The first-order valence-electron chi connectivity index (χ1n) is 7.86. The molecule has 1 N–H and O–H groups in total. The molecule has 1 aliphatic rings. The first kappa shape index (κ1) is 15.5. The van der Waals surface area contributed by atoms with E-state index in [1.165, 1.54) is 6.07 Å². The number of hydrogen-bond acceptors (Lipinski definition) is 3. The summed E-state index contributed by atoms with van der Waals surface area (Å²) in [5, 5.41) is 3.16. The summed E-state index contributed by atoms with van der Waals surface area (Å²) < 4.78 is 13.7. The molecular formula is C18H20FN3O. The van der Waals surface area contributed by atoms with E-state index in [4.69, 9.17) is 0 Å². The number of halogens is 1. The Morgan fingerprint density at radius 3 is 2.91 bits per heavy atom. The van der Waals surface area contributed by atoms with Gasteiger partial charge in [0.1, 0.15) is 11.6 Å². The van der Waals surface area contributed by atoms with E-state index in [2.05, 4.69) is 10.3 Å². The summed E-state index contributed by atoms with van der Waals surface area (Å²) in [6.45, 7) is 2.76. The van der Waals surface area contributed by atoms with Crippen LogP contribution >= 0.6 is 0 Å². The van der Waals surface area contributed by atoms with Crippen molar-refractivity contribution in [1.82, 2.24) is 9.88 Å². The molecule has 0 aliphatic carbocycles. The second-order valence-corrected chi connectivity index (χ2v) is 5.76. The number of amides is 1. The smallest absolute Gasteiger partial charge is 0.220 e. The lowest BCUT2D eigenvalue weighted by atomic mass is 10.1. The van der Waals surface area contributed by atoms with Gasteiger partial charge in [0.15, 0.2) is 0 Å². The fraction of sp³-hybridized carbons (Fsp3) is 0.333. The van der Waals surface area contributed by atoms with Crippen LogP contribution in [-0.4, -0.2) is 22.3 Å². The van der Waals surface area contributed by atoms with Gasteiger partial charge in [0.2, 0.25) is 5.91 Å². The SMILES string of the molecule is CC(=O)N1CCCC1c1cccc(NCc2ccccc2F)n1. The number of likely N-dealkylation sites (tertiary alicyclic amines) is 1. The predicted octanol–water partition coefficient (Wildman–Crippen LogP) is 3.52. The summed E-state index contributed by atoms with van der Waals surface area (Å²) in [5.41, 5.74) is 1.49. The molecule has 1 unspecified atom stereocenters. The largest absolute Gasteiger partial charge is 0.366 e. The fourth-order valence-electron chi connectivity index (χ4n) is 3.01. The van der Waals surface area contributed by atoms with Gasteiger partial charge < -0.3 is 10.2 Å². The highest BCUT2D eigenvalue weighted by atomic mass is 19.1. The molecule has 1 aliphatic heterocycles. The van der Waals surface area contributed by atoms with E-state index in [0.29, 0.717) is 17.9 Å². The third-order valence-electron chi connectivity index (χ3n) is 4.19. The van der Waals surface area contributed by atoms with E-state index >= 15 is 0 Å². The number of hydrogen-bond donors (Lipinski definition) is 1. The van der Waals surface area contributed by atoms with Crippen LogP contribution in [0.25, 0.3) is 0 Å². The standard InChI is InChI=1S/C18H20FN3O/c1-13(23)22-11-5-9-17(22)16-8-4-10-18(21-16)20-12-14-6-2-3-7-15(14)19/h2-4,6-8,10,17H,5,9,11-12H2,1H3,(H,20,21). The number of rotatable bonds is 4. The van der Waals surface area contributed by atoms with Crippen molar-refractivity contribution in [3.05, 3.63) is 59.5 Å². The second kappa shape index (κ2) is 6.77. The van der Waals surface area contributed by atoms with Gasteiger partial charge >= 0.3 is 0 Å². The van der Waals surface area contributed by atoms with Gasteiger partial charge in [-0.05, 0) is 31.0 Å². The average Bonchev–Trinajstić information content (AvgIpc) is 3.04. The minimum atomic E-state index is -0.227. The van der Waals surface area contributed by atoms with E-state index in [-0.39, 0.29) is 17.8 Å². The van der Waals surface area contributed by atoms with Crippen LogP contribution in [0.5, 0.6) is 0 Å². The fourth-order valence-corrected chi connectivity index (χ4v) is 3.01. The van der Waals surface area contributed by atoms with Gasteiger partial charge in [0.25, 0.3) is 0 Å². The topological polar surface area (TPSA) is 45.2 Å². The first-order valence-corrected chi connectivity index (χ1v) is 7.86. The lowest BCUT2D eigenvalue weighted by molar-refractivity contribution is -0.129. The molecule has 2 aromatic rings. The minimum absolute atomic E-state index is 0.0442. The highest BCUT2D eigenvalue weighted by molar-refractivity contribution is 5.74. The molecule has 1 aromatic carbocycles. The van der Waals surface area contributed by atoms with Crippen molar-refractivity contribution >= 4 is 11.7 Å². The summed E-state index contributed by atoms with van der Waals surface area (Å²) in [6, 6.07) is 12.5. The number of anilines is 1. The molecule has 1 amide bonds. The van der Waals surface area contributed by atoms with Gasteiger partial charge in [-0.15, -0.1) is 0 Å². The maximum atomic E-state index is 13.7. The van der Waals surface area contributed by atoms with Crippen LogP contribution in [-0.2, 0) is 11.3 Å². The molecule has 0 spiro atoms. The Morgan fingerprint density at radius 2 is 2.13 bits per heavy atom. The maximum Gasteiger partial charge on any atom is 0.220 e. The summed E-state index contributed by atoms with van der Waals surface area (Å²) in [6.07, 6.45) is 1.93. The molecule has 0 bridgehead atoms. The average molecular weight is 313 g/mol. The third-order valence-corrected chi connectivity index (χ3v) is 4.19. The third kappa shape index (κ3) is 3.50. The molecule has 1 fully saturated rings. The number of nitrogens with one attached hydrogen (secondary N) is 1. The molecule has 1 aromatic heterocycles. The number of benzene rings is 1. The highest BCUT2D eigenvalue weighted by Crippen LogP contribution is 2.31. The van der Waals surface area contributed by atoms with Gasteiger partial charge in [0, 0.05) is 25.6 Å². The molecule has 4 nitrogen and oxygen atoms in total.